The smallest absolute Gasteiger partial charge is 0.266 e. The van der Waals surface area contributed by atoms with Crippen molar-refractivity contribution < 1.29 is 4.79 Å². The average molecular weight is 328 g/mol. The lowest BCUT2D eigenvalue weighted by Crippen LogP contribution is -2.27. The van der Waals surface area contributed by atoms with Gasteiger partial charge in [0.1, 0.15) is 4.32 Å². The fraction of sp³-hybridized carbons (Fsp3) is 0.176. The number of nitrogens with zero attached hydrogens (tertiary/aromatic N) is 2. The van der Waals surface area contributed by atoms with Gasteiger partial charge in [-0.2, -0.15) is 0 Å². The minimum absolute atomic E-state index is 0.00311. The standard InChI is InChI=1S/C17H16N2OS2/c1-3-19-16(20)15(22-17(19)21)9-8-14-13-7-5-4-6-12(13)10-11-18(14)2/h4-11H,3H2,1-2H3. The number of benzene rings is 1. The van der Waals surface area contributed by atoms with Crippen molar-refractivity contribution in [1.29, 1.82) is 0 Å². The highest BCUT2D eigenvalue weighted by molar-refractivity contribution is 8.26. The SMILES string of the molecule is CCN1C(=O)C(=CC=C2c3ccccc3C=CN2C)SC1=S. The molecule has 0 aliphatic carbocycles. The number of thiocarbonyl (C=S) groups is 1. The van der Waals surface area contributed by atoms with Gasteiger partial charge in [-0.05, 0) is 30.7 Å². The Labute approximate surface area is 140 Å². The number of carbonyl (C=O) groups excluding carboxylic acids is 1. The van der Waals surface area contributed by atoms with Crippen LogP contribution < -0.4 is 0 Å². The Morgan fingerprint density at radius 2 is 2.05 bits per heavy atom. The van der Waals surface area contributed by atoms with Gasteiger partial charge in [-0.1, -0.05) is 48.2 Å². The highest BCUT2D eigenvalue weighted by Crippen LogP contribution is 2.32. The van der Waals surface area contributed by atoms with Crippen molar-refractivity contribution in [3.8, 4) is 0 Å². The molecule has 0 aromatic heterocycles. The molecule has 22 heavy (non-hydrogen) atoms. The number of amides is 1. The van der Waals surface area contributed by atoms with E-state index in [1.807, 2.05) is 44.5 Å². The number of hydrogen-bond donors (Lipinski definition) is 0. The van der Waals surface area contributed by atoms with Gasteiger partial charge in [0, 0.05) is 31.1 Å². The van der Waals surface area contributed by atoms with Crippen LogP contribution in [0.2, 0.25) is 0 Å². The first-order valence-electron chi connectivity index (χ1n) is 7.08. The zero-order valence-electron chi connectivity index (χ0n) is 12.4. The summed E-state index contributed by atoms with van der Waals surface area (Å²) in [6.45, 7) is 2.55. The second kappa shape index (κ2) is 6.10. The molecule has 2 heterocycles. The van der Waals surface area contributed by atoms with Crippen LogP contribution in [0.3, 0.4) is 0 Å². The third kappa shape index (κ3) is 2.62. The second-order valence-corrected chi connectivity index (χ2v) is 6.69. The van der Waals surface area contributed by atoms with Gasteiger partial charge in [0.05, 0.1) is 4.91 Å². The molecule has 0 saturated carbocycles. The van der Waals surface area contributed by atoms with E-state index < -0.39 is 0 Å². The summed E-state index contributed by atoms with van der Waals surface area (Å²) in [6.07, 6.45) is 7.98. The van der Waals surface area contributed by atoms with E-state index in [9.17, 15) is 4.79 Å². The lowest BCUT2D eigenvalue weighted by molar-refractivity contribution is -0.122. The maximum absolute atomic E-state index is 12.2. The van der Waals surface area contributed by atoms with Crippen LogP contribution in [-0.4, -0.2) is 33.6 Å². The van der Waals surface area contributed by atoms with Crippen LogP contribution in [0, 0.1) is 0 Å². The summed E-state index contributed by atoms with van der Waals surface area (Å²) in [5.74, 6) is -0.00311. The molecule has 1 fully saturated rings. The van der Waals surface area contributed by atoms with E-state index in [1.54, 1.807) is 4.90 Å². The number of hydrogen-bond acceptors (Lipinski definition) is 4. The lowest BCUT2D eigenvalue weighted by Gasteiger charge is -2.24. The molecule has 1 aromatic carbocycles. The molecule has 3 rings (SSSR count). The highest BCUT2D eigenvalue weighted by atomic mass is 32.2. The number of thioether (sulfide) groups is 1. The summed E-state index contributed by atoms with van der Waals surface area (Å²) in [7, 11) is 2.00. The van der Waals surface area contributed by atoms with Crippen molar-refractivity contribution >= 4 is 46.0 Å². The quantitative estimate of drug-likeness (QED) is 0.610. The Morgan fingerprint density at radius 3 is 2.77 bits per heavy atom. The molecule has 5 heteroatoms. The Balaban J connectivity index is 1.96. The van der Waals surface area contributed by atoms with Crippen LogP contribution in [0.15, 0.2) is 47.5 Å². The number of allylic oxidation sites excluding steroid dienone is 2. The van der Waals surface area contributed by atoms with Crippen LogP contribution in [0.25, 0.3) is 11.8 Å². The van der Waals surface area contributed by atoms with E-state index in [1.165, 1.54) is 17.3 Å². The molecular weight excluding hydrogens is 312 g/mol. The number of likely N-dealkylation sites (N-methyl/N-ethyl adjacent to an activating group) is 1. The normalized spacial score (nSPS) is 21.2. The second-order valence-electron chi connectivity index (χ2n) is 5.01. The van der Waals surface area contributed by atoms with Gasteiger partial charge < -0.3 is 4.90 Å². The topological polar surface area (TPSA) is 23.6 Å². The molecular formula is C17H16N2OS2. The zero-order valence-corrected chi connectivity index (χ0v) is 14.1. The number of rotatable bonds is 2. The van der Waals surface area contributed by atoms with E-state index >= 15 is 0 Å². The molecule has 3 nitrogen and oxygen atoms in total. The summed E-state index contributed by atoms with van der Waals surface area (Å²) >= 11 is 6.60. The highest BCUT2D eigenvalue weighted by Gasteiger charge is 2.30. The van der Waals surface area contributed by atoms with Gasteiger partial charge in [0.2, 0.25) is 0 Å². The van der Waals surface area contributed by atoms with E-state index in [4.69, 9.17) is 12.2 Å². The summed E-state index contributed by atoms with van der Waals surface area (Å²) in [5.41, 5.74) is 3.41. The molecule has 0 N–H and O–H groups in total. The summed E-state index contributed by atoms with van der Waals surface area (Å²) in [5, 5.41) is 0. The average Bonchev–Trinajstić information content (AvgIpc) is 2.80. The lowest BCUT2D eigenvalue weighted by atomic mass is 10.0. The van der Waals surface area contributed by atoms with E-state index in [2.05, 4.69) is 23.1 Å². The van der Waals surface area contributed by atoms with Gasteiger partial charge >= 0.3 is 0 Å². The summed E-state index contributed by atoms with van der Waals surface area (Å²) in [6, 6.07) is 8.23. The summed E-state index contributed by atoms with van der Waals surface area (Å²) < 4.78 is 0.634. The third-order valence-electron chi connectivity index (χ3n) is 3.68. The molecule has 0 atom stereocenters. The van der Waals surface area contributed by atoms with Gasteiger partial charge in [-0.25, -0.2) is 0 Å². The van der Waals surface area contributed by atoms with Crippen molar-refractivity contribution in [2.24, 2.45) is 0 Å². The van der Waals surface area contributed by atoms with Crippen molar-refractivity contribution in [2.75, 3.05) is 13.6 Å². The predicted octanol–water partition coefficient (Wildman–Crippen LogP) is 3.71. The van der Waals surface area contributed by atoms with Crippen molar-refractivity contribution in [3.05, 3.63) is 58.6 Å². The fourth-order valence-electron chi connectivity index (χ4n) is 2.49. The fourth-order valence-corrected chi connectivity index (χ4v) is 3.81. The first-order chi connectivity index (χ1) is 10.6. The Kier molecular flexibility index (Phi) is 4.18. The Hall–Kier alpha value is -1.85. The minimum atomic E-state index is -0.00311. The van der Waals surface area contributed by atoms with Crippen LogP contribution in [0.4, 0.5) is 0 Å². The molecule has 2 aliphatic rings. The molecule has 0 spiro atoms. The molecule has 1 amide bonds. The van der Waals surface area contributed by atoms with Crippen molar-refractivity contribution in [3.63, 3.8) is 0 Å². The minimum Gasteiger partial charge on any atom is -0.351 e. The molecule has 112 valence electrons. The Bertz CT molecular complexity index is 734. The van der Waals surface area contributed by atoms with E-state index in [0.29, 0.717) is 15.8 Å². The molecule has 0 radical (unpaired) electrons. The molecule has 2 aliphatic heterocycles. The van der Waals surface area contributed by atoms with E-state index in [0.717, 1.165) is 11.3 Å². The van der Waals surface area contributed by atoms with E-state index in [-0.39, 0.29) is 5.91 Å². The first kappa shape index (κ1) is 15.1. The number of fused-ring (bicyclic) bond motifs is 1. The number of carbonyl (C=O) groups is 1. The van der Waals surface area contributed by atoms with Crippen molar-refractivity contribution in [2.45, 2.75) is 6.92 Å². The maximum Gasteiger partial charge on any atom is 0.266 e. The third-order valence-corrected chi connectivity index (χ3v) is 5.07. The molecule has 1 aromatic rings. The predicted molar refractivity (Wildman–Crippen MR) is 96.9 cm³/mol. The van der Waals surface area contributed by atoms with Gasteiger partial charge in [0.15, 0.2) is 0 Å². The maximum atomic E-state index is 12.2. The van der Waals surface area contributed by atoms with Crippen LogP contribution >= 0.6 is 24.0 Å². The van der Waals surface area contributed by atoms with Crippen LogP contribution in [0.5, 0.6) is 0 Å². The molecule has 0 unspecified atom stereocenters. The Morgan fingerprint density at radius 1 is 1.27 bits per heavy atom. The van der Waals surface area contributed by atoms with Crippen LogP contribution in [0.1, 0.15) is 18.1 Å². The zero-order chi connectivity index (χ0) is 15.7. The first-order valence-corrected chi connectivity index (χ1v) is 8.30. The van der Waals surface area contributed by atoms with Gasteiger partial charge in [-0.15, -0.1) is 0 Å². The van der Waals surface area contributed by atoms with Gasteiger partial charge in [0.25, 0.3) is 5.91 Å². The van der Waals surface area contributed by atoms with Gasteiger partial charge in [-0.3, -0.25) is 9.69 Å². The molecule has 1 saturated heterocycles. The van der Waals surface area contributed by atoms with Crippen LogP contribution in [-0.2, 0) is 4.79 Å². The monoisotopic (exact) mass is 328 g/mol. The summed E-state index contributed by atoms with van der Waals surface area (Å²) in [4.78, 5) is 16.6. The van der Waals surface area contributed by atoms with Crippen molar-refractivity contribution in [1.82, 2.24) is 9.80 Å². The largest absolute Gasteiger partial charge is 0.351 e. The molecule has 0 bridgehead atoms.